The number of rotatable bonds is 6. The van der Waals surface area contributed by atoms with Crippen LogP contribution in [0, 0.1) is 20.2 Å². The molecule has 0 atom stereocenters. The maximum atomic E-state index is 11.1. The first-order chi connectivity index (χ1) is 10.5. The SMILES string of the molecule is CCCc1ccc(Oc2ccc([N+](=O)[O-])cc2)c([N+](=O)[O-])c1. The predicted molar refractivity (Wildman–Crippen MR) is 80.3 cm³/mol. The monoisotopic (exact) mass is 302 g/mol. The van der Waals surface area contributed by atoms with Crippen LogP contribution in [-0.2, 0) is 6.42 Å². The van der Waals surface area contributed by atoms with Crippen molar-refractivity contribution in [3.05, 3.63) is 68.3 Å². The van der Waals surface area contributed by atoms with Crippen molar-refractivity contribution in [1.82, 2.24) is 0 Å². The summed E-state index contributed by atoms with van der Waals surface area (Å²) < 4.78 is 5.47. The lowest BCUT2D eigenvalue weighted by atomic mass is 10.1. The Morgan fingerprint density at radius 2 is 1.68 bits per heavy atom. The van der Waals surface area contributed by atoms with Crippen LogP contribution in [0.3, 0.4) is 0 Å². The van der Waals surface area contributed by atoms with E-state index in [0.29, 0.717) is 5.75 Å². The van der Waals surface area contributed by atoms with Crippen molar-refractivity contribution in [3.8, 4) is 11.5 Å². The molecule has 0 amide bonds. The molecule has 7 nitrogen and oxygen atoms in total. The number of nitro benzene ring substituents is 2. The molecule has 114 valence electrons. The molecular formula is C15H14N2O5. The summed E-state index contributed by atoms with van der Waals surface area (Å²) in [5.74, 6) is 0.413. The maximum absolute atomic E-state index is 11.1. The summed E-state index contributed by atoms with van der Waals surface area (Å²) in [6, 6.07) is 10.2. The molecule has 0 N–H and O–H groups in total. The highest BCUT2D eigenvalue weighted by Gasteiger charge is 2.17. The third-order valence-corrected chi connectivity index (χ3v) is 3.03. The smallest absolute Gasteiger partial charge is 0.311 e. The minimum Gasteiger partial charge on any atom is -0.450 e. The van der Waals surface area contributed by atoms with Crippen molar-refractivity contribution < 1.29 is 14.6 Å². The summed E-state index contributed by atoms with van der Waals surface area (Å²) in [7, 11) is 0. The molecule has 0 unspecified atom stereocenters. The van der Waals surface area contributed by atoms with Crippen LogP contribution in [-0.4, -0.2) is 9.85 Å². The first kappa shape index (κ1) is 15.4. The van der Waals surface area contributed by atoms with Crippen molar-refractivity contribution >= 4 is 11.4 Å². The average molecular weight is 302 g/mol. The Bertz CT molecular complexity index is 698. The van der Waals surface area contributed by atoms with E-state index in [1.165, 1.54) is 30.3 Å². The standard InChI is InChI=1S/C15H14N2O5/c1-2-3-11-4-9-15(14(10-11)17(20)21)22-13-7-5-12(6-8-13)16(18)19/h4-10H,2-3H2,1H3. The molecule has 22 heavy (non-hydrogen) atoms. The summed E-state index contributed by atoms with van der Waals surface area (Å²) in [4.78, 5) is 20.7. The van der Waals surface area contributed by atoms with Crippen LogP contribution < -0.4 is 4.74 Å². The second-order valence-electron chi connectivity index (χ2n) is 4.66. The van der Waals surface area contributed by atoms with Gasteiger partial charge in [-0.2, -0.15) is 0 Å². The van der Waals surface area contributed by atoms with Crippen molar-refractivity contribution in [3.63, 3.8) is 0 Å². The topological polar surface area (TPSA) is 95.5 Å². The summed E-state index contributed by atoms with van der Waals surface area (Å²) in [6.45, 7) is 1.99. The van der Waals surface area contributed by atoms with Crippen LogP contribution in [0.2, 0.25) is 0 Å². The molecule has 0 aliphatic rings. The number of aryl methyl sites for hydroxylation is 1. The normalized spacial score (nSPS) is 10.2. The van der Waals surface area contributed by atoms with Gasteiger partial charge < -0.3 is 4.74 Å². The lowest BCUT2D eigenvalue weighted by Crippen LogP contribution is -1.96. The number of nitro groups is 2. The maximum Gasteiger partial charge on any atom is 0.311 e. The van der Waals surface area contributed by atoms with Gasteiger partial charge in [-0.25, -0.2) is 0 Å². The van der Waals surface area contributed by atoms with E-state index in [2.05, 4.69) is 0 Å². The zero-order chi connectivity index (χ0) is 16.1. The molecule has 2 rings (SSSR count). The zero-order valence-corrected chi connectivity index (χ0v) is 11.9. The van der Waals surface area contributed by atoms with E-state index >= 15 is 0 Å². The van der Waals surface area contributed by atoms with Gasteiger partial charge in [0, 0.05) is 18.2 Å². The fourth-order valence-corrected chi connectivity index (χ4v) is 2.00. The Morgan fingerprint density at radius 3 is 2.23 bits per heavy atom. The van der Waals surface area contributed by atoms with Gasteiger partial charge in [0.15, 0.2) is 0 Å². The summed E-state index contributed by atoms with van der Waals surface area (Å²) in [5, 5.41) is 21.7. The Hall–Kier alpha value is -2.96. The number of ether oxygens (including phenoxy) is 1. The molecule has 0 spiro atoms. The highest BCUT2D eigenvalue weighted by Crippen LogP contribution is 2.33. The predicted octanol–water partition coefficient (Wildman–Crippen LogP) is 4.25. The van der Waals surface area contributed by atoms with Gasteiger partial charge in [0.1, 0.15) is 5.75 Å². The molecule has 0 fully saturated rings. The van der Waals surface area contributed by atoms with E-state index in [4.69, 9.17) is 4.74 Å². The van der Waals surface area contributed by atoms with Crippen LogP contribution in [0.5, 0.6) is 11.5 Å². The summed E-state index contributed by atoms with van der Waals surface area (Å²) in [6.07, 6.45) is 1.64. The second kappa shape index (κ2) is 6.66. The zero-order valence-electron chi connectivity index (χ0n) is 11.9. The van der Waals surface area contributed by atoms with E-state index in [1.807, 2.05) is 6.92 Å². The van der Waals surface area contributed by atoms with Gasteiger partial charge in [0.2, 0.25) is 5.75 Å². The van der Waals surface area contributed by atoms with Crippen LogP contribution >= 0.6 is 0 Å². The van der Waals surface area contributed by atoms with Crippen molar-refractivity contribution in [2.75, 3.05) is 0 Å². The van der Waals surface area contributed by atoms with Crippen LogP contribution in [0.25, 0.3) is 0 Å². The Kier molecular flexibility index (Phi) is 4.67. The summed E-state index contributed by atoms with van der Waals surface area (Å²) >= 11 is 0. The molecule has 0 aliphatic carbocycles. The second-order valence-corrected chi connectivity index (χ2v) is 4.66. The Morgan fingerprint density at radius 1 is 1.00 bits per heavy atom. The number of benzene rings is 2. The van der Waals surface area contributed by atoms with E-state index in [0.717, 1.165) is 18.4 Å². The highest BCUT2D eigenvalue weighted by atomic mass is 16.6. The molecule has 0 bridgehead atoms. The number of hydrogen-bond donors (Lipinski definition) is 0. The average Bonchev–Trinajstić information content (AvgIpc) is 2.49. The van der Waals surface area contributed by atoms with Crippen LogP contribution in [0.15, 0.2) is 42.5 Å². The molecular weight excluding hydrogens is 288 g/mol. The van der Waals surface area contributed by atoms with E-state index < -0.39 is 9.85 Å². The lowest BCUT2D eigenvalue weighted by molar-refractivity contribution is -0.385. The highest BCUT2D eigenvalue weighted by molar-refractivity contribution is 5.51. The Balaban J connectivity index is 2.28. The van der Waals surface area contributed by atoms with Crippen LogP contribution in [0.4, 0.5) is 11.4 Å². The molecule has 7 heteroatoms. The van der Waals surface area contributed by atoms with Gasteiger partial charge in [-0.3, -0.25) is 20.2 Å². The number of non-ortho nitro benzene ring substituents is 1. The molecule has 0 heterocycles. The van der Waals surface area contributed by atoms with Gasteiger partial charge in [-0.05, 0) is 30.2 Å². The number of hydrogen-bond acceptors (Lipinski definition) is 5. The molecule has 0 aliphatic heterocycles. The van der Waals surface area contributed by atoms with Gasteiger partial charge in [-0.1, -0.05) is 19.4 Å². The third kappa shape index (κ3) is 3.57. The van der Waals surface area contributed by atoms with Crippen molar-refractivity contribution in [1.29, 1.82) is 0 Å². The number of nitrogens with zero attached hydrogens (tertiary/aromatic N) is 2. The first-order valence-corrected chi connectivity index (χ1v) is 6.71. The van der Waals surface area contributed by atoms with Crippen LogP contribution in [0.1, 0.15) is 18.9 Å². The molecule has 0 aromatic heterocycles. The van der Waals surface area contributed by atoms with Crippen molar-refractivity contribution in [2.24, 2.45) is 0 Å². The van der Waals surface area contributed by atoms with Crippen molar-refractivity contribution in [2.45, 2.75) is 19.8 Å². The minimum atomic E-state index is -0.522. The molecule has 2 aromatic carbocycles. The fraction of sp³-hybridized carbons (Fsp3) is 0.200. The first-order valence-electron chi connectivity index (χ1n) is 6.71. The van der Waals surface area contributed by atoms with E-state index in [9.17, 15) is 20.2 Å². The van der Waals surface area contributed by atoms with Gasteiger partial charge >= 0.3 is 5.69 Å². The van der Waals surface area contributed by atoms with E-state index in [-0.39, 0.29) is 17.1 Å². The third-order valence-electron chi connectivity index (χ3n) is 3.03. The van der Waals surface area contributed by atoms with Gasteiger partial charge in [0.05, 0.1) is 9.85 Å². The molecule has 0 saturated heterocycles. The summed E-state index contributed by atoms with van der Waals surface area (Å²) in [5.41, 5.74) is 0.676. The van der Waals surface area contributed by atoms with Gasteiger partial charge in [-0.15, -0.1) is 0 Å². The molecule has 2 aromatic rings. The Labute approximate surface area is 126 Å². The van der Waals surface area contributed by atoms with E-state index in [1.54, 1.807) is 12.1 Å². The quantitative estimate of drug-likeness (QED) is 0.587. The molecule has 0 radical (unpaired) electrons. The lowest BCUT2D eigenvalue weighted by Gasteiger charge is -2.07. The largest absolute Gasteiger partial charge is 0.450 e. The van der Waals surface area contributed by atoms with Gasteiger partial charge in [0.25, 0.3) is 5.69 Å². The fourth-order valence-electron chi connectivity index (χ4n) is 2.00. The minimum absolute atomic E-state index is 0.0693. The molecule has 0 saturated carbocycles.